The molecule has 0 radical (unpaired) electrons. The summed E-state index contributed by atoms with van der Waals surface area (Å²) in [6.45, 7) is 2.13. The van der Waals surface area contributed by atoms with Gasteiger partial charge in [0.1, 0.15) is 0 Å². The highest BCUT2D eigenvalue weighted by molar-refractivity contribution is 5.85. The molecule has 1 rings (SSSR count). The van der Waals surface area contributed by atoms with Gasteiger partial charge in [0.15, 0.2) is 0 Å². The summed E-state index contributed by atoms with van der Waals surface area (Å²) >= 11 is 0. The van der Waals surface area contributed by atoms with Crippen molar-refractivity contribution < 1.29 is 5.11 Å². The molecule has 9 heavy (non-hydrogen) atoms. The SMILES string of the molecule is CC1CCCCC1O.Cl. The van der Waals surface area contributed by atoms with E-state index in [2.05, 4.69) is 6.92 Å². The second kappa shape index (κ2) is 4.13. The first-order valence-corrected chi connectivity index (χ1v) is 3.49. The Morgan fingerprint density at radius 1 is 1.22 bits per heavy atom. The zero-order chi connectivity index (χ0) is 5.98. The quantitative estimate of drug-likeness (QED) is 0.560. The van der Waals surface area contributed by atoms with Crippen LogP contribution in [0.3, 0.4) is 0 Å². The maximum absolute atomic E-state index is 9.18. The molecule has 1 fully saturated rings. The topological polar surface area (TPSA) is 20.2 Å². The summed E-state index contributed by atoms with van der Waals surface area (Å²) in [5.74, 6) is 0.559. The van der Waals surface area contributed by atoms with Gasteiger partial charge in [-0.15, -0.1) is 12.4 Å². The van der Waals surface area contributed by atoms with Gasteiger partial charge in [0.25, 0.3) is 0 Å². The minimum atomic E-state index is 0. The smallest absolute Gasteiger partial charge is 0.0565 e. The highest BCUT2D eigenvalue weighted by atomic mass is 35.5. The molecule has 1 aliphatic rings. The molecule has 0 spiro atoms. The van der Waals surface area contributed by atoms with Crippen LogP contribution in [-0.2, 0) is 0 Å². The molecule has 0 aromatic carbocycles. The van der Waals surface area contributed by atoms with Gasteiger partial charge in [0.05, 0.1) is 6.10 Å². The predicted octanol–water partition coefficient (Wildman–Crippen LogP) is 1.98. The van der Waals surface area contributed by atoms with Gasteiger partial charge in [-0.3, -0.25) is 0 Å². The largest absolute Gasteiger partial charge is 0.393 e. The molecular weight excluding hydrogens is 136 g/mol. The van der Waals surface area contributed by atoms with Crippen molar-refractivity contribution in [3.05, 3.63) is 0 Å². The van der Waals surface area contributed by atoms with Gasteiger partial charge in [-0.2, -0.15) is 0 Å². The van der Waals surface area contributed by atoms with E-state index in [-0.39, 0.29) is 18.5 Å². The van der Waals surface area contributed by atoms with E-state index in [9.17, 15) is 5.11 Å². The maximum Gasteiger partial charge on any atom is 0.0565 e. The van der Waals surface area contributed by atoms with Crippen molar-refractivity contribution in [2.75, 3.05) is 0 Å². The monoisotopic (exact) mass is 150 g/mol. The molecule has 56 valence electrons. The van der Waals surface area contributed by atoms with Crippen LogP contribution in [0.2, 0.25) is 0 Å². The summed E-state index contributed by atoms with van der Waals surface area (Å²) in [5, 5.41) is 9.18. The van der Waals surface area contributed by atoms with Crippen LogP contribution in [0.15, 0.2) is 0 Å². The number of aliphatic hydroxyl groups excluding tert-OH is 1. The van der Waals surface area contributed by atoms with Crippen molar-refractivity contribution in [3.63, 3.8) is 0 Å². The number of hydrogen-bond acceptors (Lipinski definition) is 1. The Morgan fingerprint density at radius 3 is 2.11 bits per heavy atom. The second-order valence-electron chi connectivity index (χ2n) is 2.83. The number of hydrogen-bond donors (Lipinski definition) is 1. The average Bonchev–Trinajstić information content (AvgIpc) is 1.77. The fourth-order valence-corrected chi connectivity index (χ4v) is 1.30. The molecule has 0 aromatic heterocycles. The second-order valence-corrected chi connectivity index (χ2v) is 2.83. The molecule has 0 heterocycles. The van der Waals surface area contributed by atoms with Gasteiger partial charge >= 0.3 is 0 Å². The van der Waals surface area contributed by atoms with Crippen LogP contribution < -0.4 is 0 Å². The van der Waals surface area contributed by atoms with Crippen molar-refractivity contribution in [1.29, 1.82) is 0 Å². The van der Waals surface area contributed by atoms with E-state index >= 15 is 0 Å². The minimum absolute atomic E-state index is 0. The molecule has 0 amide bonds. The van der Waals surface area contributed by atoms with Gasteiger partial charge < -0.3 is 5.11 Å². The molecule has 2 atom stereocenters. The molecule has 2 unspecified atom stereocenters. The summed E-state index contributed by atoms with van der Waals surface area (Å²) in [5.41, 5.74) is 0. The van der Waals surface area contributed by atoms with Crippen molar-refractivity contribution in [2.45, 2.75) is 38.7 Å². The molecule has 0 aliphatic heterocycles. The van der Waals surface area contributed by atoms with Crippen LogP contribution in [0.1, 0.15) is 32.6 Å². The summed E-state index contributed by atoms with van der Waals surface area (Å²) in [4.78, 5) is 0. The summed E-state index contributed by atoms with van der Waals surface area (Å²) < 4.78 is 0. The van der Waals surface area contributed by atoms with E-state index in [1.54, 1.807) is 0 Å². The molecule has 2 heteroatoms. The lowest BCUT2D eigenvalue weighted by molar-refractivity contribution is 0.0793. The third kappa shape index (κ3) is 2.55. The highest BCUT2D eigenvalue weighted by Crippen LogP contribution is 2.22. The van der Waals surface area contributed by atoms with Gasteiger partial charge in [0, 0.05) is 0 Å². The zero-order valence-corrected chi connectivity index (χ0v) is 6.66. The molecule has 1 nitrogen and oxygen atoms in total. The van der Waals surface area contributed by atoms with Gasteiger partial charge in [-0.1, -0.05) is 19.8 Å². The van der Waals surface area contributed by atoms with Gasteiger partial charge in [0.2, 0.25) is 0 Å². The van der Waals surface area contributed by atoms with Crippen molar-refractivity contribution in [3.8, 4) is 0 Å². The van der Waals surface area contributed by atoms with Gasteiger partial charge in [-0.05, 0) is 18.8 Å². The van der Waals surface area contributed by atoms with Crippen LogP contribution in [0.25, 0.3) is 0 Å². The fourth-order valence-electron chi connectivity index (χ4n) is 1.30. The fraction of sp³-hybridized carbons (Fsp3) is 1.00. The van der Waals surface area contributed by atoms with E-state index in [1.807, 2.05) is 0 Å². The number of halogens is 1. The van der Waals surface area contributed by atoms with Crippen LogP contribution in [0, 0.1) is 5.92 Å². The maximum atomic E-state index is 9.18. The number of aliphatic hydroxyl groups is 1. The highest BCUT2D eigenvalue weighted by Gasteiger charge is 2.17. The first-order valence-electron chi connectivity index (χ1n) is 3.49. The van der Waals surface area contributed by atoms with Crippen LogP contribution >= 0.6 is 12.4 Å². The van der Waals surface area contributed by atoms with Gasteiger partial charge in [-0.25, -0.2) is 0 Å². The molecule has 0 aromatic rings. The first kappa shape index (κ1) is 9.25. The van der Waals surface area contributed by atoms with E-state index in [1.165, 1.54) is 19.3 Å². The molecule has 0 saturated heterocycles. The lowest BCUT2D eigenvalue weighted by Crippen LogP contribution is -2.21. The lowest BCUT2D eigenvalue weighted by Gasteiger charge is -2.23. The number of rotatable bonds is 0. The summed E-state index contributed by atoms with van der Waals surface area (Å²) in [6.07, 6.45) is 4.80. The molecule has 1 saturated carbocycles. The zero-order valence-electron chi connectivity index (χ0n) is 5.84. The summed E-state index contributed by atoms with van der Waals surface area (Å²) in [7, 11) is 0. The Bertz CT molecular complexity index is 65.3. The van der Waals surface area contributed by atoms with E-state index in [0.717, 1.165) is 6.42 Å². The Hall–Kier alpha value is 0.250. The van der Waals surface area contributed by atoms with E-state index < -0.39 is 0 Å². The van der Waals surface area contributed by atoms with Crippen LogP contribution in [0.5, 0.6) is 0 Å². The third-order valence-electron chi connectivity index (χ3n) is 2.07. The average molecular weight is 151 g/mol. The predicted molar refractivity (Wildman–Crippen MR) is 40.9 cm³/mol. The summed E-state index contributed by atoms with van der Waals surface area (Å²) in [6, 6.07) is 0. The minimum Gasteiger partial charge on any atom is -0.393 e. The normalized spacial score (nSPS) is 35.3. The Morgan fingerprint density at radius 2 is 1.78 bits per heavy atom. The van der Waals surface area contributed by atoms with E-state index in [4.69, 9.17) is 0 Å². The standard InChI is InChI=1S/C7H14O.ClH/c1-6-4-2-3-5-7(6)8;/h6-8H,2-5H2,1H3;1H. The Labute approximate surface area is 62.9 Å². The first-order chi connectivity index (χ1) is 3.80. The van der Waals surface area contributed by atoms with Crippen molar-refractivity contribution in [1.82, 2.24) is 0 Å². The van der Waals surface area contributed by atoms with Crippen LogP contribution in [-0.4, -0.2) is 11.2 Å². The van der Waals surface area contributed by atoms with Crippen molar-refractivity contribution in [2.24, 2.45) is 5.92 Å². The Kier molecular flexibility index (Phi) is 4.24. The molecule has 1 N–H and O–H groups in total. The third-order valence-corrected chi connectivity index (χ3v) is 2.07. The molecule has 0 bridgehead atoms. The lowest BCUT2D eigenvalue weighted by atomic mass is 9.88. The van der Waals surface area contributed by atoms with E-state index in [0.29, 0.717) is 5.92 Å². The van der Waals surface area contributed by atoms with Crippen LogP contribution in [0.4, 0.5) is 0 Å². The molecular formula is C7H15ClO. The Balaban J connectivity index is 0.000000640. The van der Waals surface area contributed by atoms with Crippen molar-refractivity contribution >= 4 is 12.4 Å². The molecule has 1 aliphatic carbocycles.